The fraction of sp³-hybridized carbons (Fsp3) is 0.769. The molecule has 0 saturated carbocycles. The summed E-state index contributed by atoms with van der Waals surface area (Å²) in [6, 6.07) is -1.13. The van der Waals surface area contributed by atoms with Crippen molar-refractivity contribution in [2.45, 2.75) is 51.1 Å². The lowest BCUT2D eigenvalue weighted by atomic mass is 10.2. The van der Waals surface area contributed by atoms with Crippen LogP contribution in [0.3, 0.4) is 0 Å². The van der Waals surface area contributed by atoms with Crippen LogP contribution in [-0.4, -0.2) is 56.9 Å². The highest BCUT2D eigenvalue weighted by atomic mass is 32.2. The summed E-state index contributed by atoms with van der Waals surface area (Å²) in [4.78, 5) is 35.3. The van der Waals surface area contributed by atoms with Gasteiger partial charge in [-0.1, -0.05) is 0 Å². The first-order chi connectivity index (χ1) is 9.53. The van der Waals surface area contributed by atoms with E-state index in [9.17, 15) is 19.5 Å². The number of thioether (sulfide) groups is 1. The number of rotatable bonds is 3. The second kappa shape index (κ2) is 6.13. The Bertz CT molecular complexity index is 446. The van der Waals surface area contributed by atoms with E-state index >= 15 is 0 Å². The first-order valence-corrected chi connectivity index (χ1v) is 7.57. The lowest BCUT2D eigenvalue weighted by molar-refractivity contribution is -0.153. The molecule has 0 aromatic heterocycles. The molecule has 2 atom stereocenters. The Labute approximate surface area is 128 Å². The number of aliphatic carboxylic acids is 1. The Morgan fingerprint density at radius 3 is 2.38 bits per heavy atom. The zero-order valence-corrected chi connectivity index (χ0v) is 13.7. The van der Waals surface area contributed by atoms with Crippen LogP contribution in [0, 0.1) is 0 Å². The second-order valence-corrected chi connectivity index (χ2v) is 7.14. The average molecular weight is 319 g/mol. The molecule has 1 rings (SSSR count). The van der Waals surface area contributed by atoms with Crippen LogP contribution in [-0.2, 0) is 19.1 Å². The van der Waals surface area contributed by atoms with Crippen molar-refractivity contribution < 1.29 is 29.0 Å². The summed E-state index contributed by atoms with van der Waals surface area (Å²) in [5.74, 6) is -1.73. The van der Waals surface area contributed by atoms with Crippen molar-refractivity contribution in [2.75, 3.05) is 12.4 Å². The molecule has 1 fully saturated rings. The normalized spacial score (nSPS) is 25.6. The van der Waals surface area contributed by atoms with Crippen LogP contribution in [0.15, 0.2) is 0 Å². The topological polar surface area (TPSA) is 93.1 Å². The standard InChI is InChI=1S/C13H21NO6S/c1-6-19-10(17)13(5)14(8(7-21-13)9(15)16)11(18)20-12(2,3)4/h8H,6-7H2,1-5H3,(H,15,16). The van der Waals surface area contributed by atoms with Gasteiger partial charge >= 0.3 is 18.0 Å². The van der Waals surface area contributed by atoms with Gasteiger partial charge in [-0.15, -0.1) is 11.8 Å². The molecule has 0 aliphatic carbocycles. The number of amides is 1. The summed E-state index contributed by atoms with van der Waals surface area (Å²) < 4.78 is 10.2. The van der Waals surface area contributed by atoms with Gasteiger partial charge in [0.25, 0.3) is 0 Å². The van der Waals surface area contributed by atoms with Crippen LogP contribution in [0.4, 0.5) is 4.79 Å². The molecule has 1 aliphatic rings. The lowest BCUT2D eigenvalue weighted by Crippen LogP contribution is -2.56. The highest BCUT2D eigenvalue weighted by Crippen LogP contribution is 2.41. The van der Waals surface area contributed by atoms with E-state index in [2.05, 4.69) is 0 Å². The predicted molar refractivity (Wildman–Crippen MR) is 77.0 cm³/mol. The van der Waals surface area contributed by atoms with Crippen molar-refractivity contribution in [3.05, 3.63) is 0 Å². The fourth-order valence-corrected chi connectivity index (χ4v) is 3.19. The summed E-state index contributed by atoms with van der Waals surface area (Å²) in [6.07, 6.45) is -0.838. The van der Waals surface area contributed by atoms with Gasteiger partial charge in [-0.3, -0.25) is 4.90 Å². The Kier molecular flexibility index (Phi) is 5.14. The number of ether oxygens (including phenoxy) is 2. The molecule has 0 aromatic rings. The SMILES string of the molecule is CCOC(=O)C1(C)SCC(C(=O)O)N1C(=O)OC(C)(C)C. The molecule has 1 aliphatic heterocycles. The molecule has 2 unspecified atom stereocenters. The van der Waals surface area contributed by atoms with Crippen LogP contribution >= 0.6 is 11.8 Å². The van der Waals surface area contributed by atoms with Gasteiger partial charge in [0.2, 0.25) is 0 Å². The van der Waals surface area contributed by atoms with Crippen molar-refractivity contribution in [3.8, 4) is 0 Å². The van der Waals surface area contributed by atoms with E-state index in [-0.39, 0.29) is 12.4 Å². The fourth-order valence-electron chi connectivity index (χ4n) is 1.90. The maximum absolute atomic E-state index is 12.3. The van der Waals surface area contributed by atoms with E-state index in [1.165, 1.54) is 6.92 Å². The first kappa shape index (κ1) is 17.6. The Hall–Kier alpha value is -1.44. The van der Waals surface area contributed by atoms with Crippen LogP contribution in [0.2, 0.25) is 0 Å². The molecule has 0 bridgehead atoms. The smallest absolute Gasteiger partial charge is 0.412 e. The number of esters is 1. The second-order valence-electron chi connectivity index (χ2n) is 5.72. The molecule has 7 nitrogen and oxygen atoms in total. The highest BCUT2D eigenvalue weighted by Gasteiger charge is 2.56. The molecule has 1 N–H and O–H groups in total. The molecule has 0 spiro atoms. The monoisotopic (exact) mass is 319 g/mol. The largest absolute Gasteiger partial charge is 0.480 e. The van der Waals surface area contributed by atoms with Gasteiger partial charge in [0.05, 0.1) is 6.61 Å². The molecule has 1 amide bonds. The summed E-state index contributed by atoms with van der Waals surface area (Å²) in [6.45, 7) is 8.29. The molecule has 21 heavy (non-hydrogen) atoms. The summed E-state index contributed by atoms with van der Waals surface area (Å²) >= 11 is 1.06. The number of nitrogens with zero attached hydrogens (tertiary/aromatic N) is 1. The van der Waals surface area contributed by atoms with Crippen molar-refractivity contribution in [1.82, 2.24) is 4.90 Å². The summed E-state index contributed by atoms with van der Waals surface area (Å²) in [5.41, 5.74) is -0.789. The molecule has 8 heteroatoms. The van der Waals surface area contributed by atoms with Crippen molar-refractivity contribution in [3.63, 3.8) is 0 Å². The minimum Gasteiger partial charge on any atom is -0.480 e. The van der Waals surface area contributed by atoms with Gasteiger partial charge < -0.3 is 14.6 Å². The molecule has 0 radical (unpaired) electrons. The molecule has 0 aromatic carbocycles. The number of carboxylic acids is 1. The first-order valence-electron chi connectivity index (χ1n) is 6.59. The molecular weight excluding hydrogens is 298 g/mol. The molecule has 1 saturated heterocycles. The number of hydrogen-bond acceptors (Lipinski definition) is 6. The predicted octanol–water partition coefficient (Wildman–Crippen LogP) is 1.70. The van der Waals surface area contributed by atoms with Crippen molar-refractivity contribution >= 4 is 29.8 Å². The summed E-state index contributed by atoms with van der Waals surface area (Å²) in [5, 5.41) is 9.26. The molecular formula is C13H21NO6S. The van der Waals surface area contributed by atoms with Crippen LogP contribution in [0.1, 0.15) is 34.6 Å². The zero-order valence-electron chi connectivity index (χ0n) is 12.8. The van der Waals surface area contributed by atoms with E-state index < -0.39 is 34.5 Å². The summed E-state index contributed by atoms with van der Waals surface area (Å²) in [7, 11) is 0. The van der Waals surface area contributed by atoms with E-state index in [0.717, 1.165) is 16.7 Å². The van der Waals surface area contributed by atoms with E-state index in [1.807, 2.05) is 0 Å². The van der Waals surface area contributed by atoms with E-state index in [0.29, 0.717) is 0 Å². The Balaban J connectivity index is 3.11. The Morgan fingerprint density at radius 1 is 1.38 bits per heavy atom. The van der Waals surface area contributed by atoms with Crippen LogP contribution in [0.5, 0.6) is 0 Å². The van der Waals surface area contributed by atoms with E-state index in [1.54, 1.807) is 27.7 Å². The number of carbonyl (C=O) groups is 3. The molecule has 120 valence electrons. The van der Waals surface area contributed by atoms with E-state index in [4.69, 9.17) is 9.47 Å². The van der Waals surface area contributed by atoms with Crippen LogP contribution < -0.4 is 0 Å². The number of carboxylic acid groups (broad SMARTS) is 1. The number of carbonyl (C=O) groups excluding carboxylic acids is 2. The van der Waals surface area contributed by atoms with Crippen molar-refractivity contribution in [1.29, 1.82) is 0 Å². The zero-order chi connectivity index (χ0) is 16.4. The average Bonchev–Trinajstić information content (AvgIpc) is 2.66. The molecule has 1 heterocycles. The van der Waals surface area contributed by atoms with Gasteiger partial charge in [-0.2, -0.15) is 0 Å². The Morgan fingerprint density at radius 2 is 1.95 bits per heavy atom. The quantitative estimate of drug-likeness (QED) is 0.791. The highest BCUT2D eigenvalue weighted by molar-refractivity contribution is 8.01. The lowest BCUT2D eigenvalue weighted by Gasteiger charge is -2.35. The van der Waals surface area contributed by atoms with Gasteiger partial charge in [0.15, 0.2) is 4.87 Å². The van der Waals surface area contributed by atoms with Gasteiger partial charge in [0.1, 0.15) is 11.6 Å². The van der Waals surface area contributed by atoms with Gasteiger partial charge in [-0.05, 0) is 34.6 Å². The maximum atomic E-state index is 12.3. The van der Waals surface area contributed by atoms with Crippen LogP contribution in [0.25, 0.3) is 0 Å². The number of hydrogen-bond donors (Lipinski definition) is 1. The minimum absolute atomic E-state index is 0.101. The third-order valence-electron chi connectivity index (χ3n) is 2.82. The third-order valence-corrected chi connectivity index (χ3v) is 4.23. The van der Waals surface area contributed by atoms with Gasteiger partial charge in [0, 0.05) is 5.75 Å². The maximum Gasteiger partial charge on any atom is 0.412 e. The third kappa shape index (κ3) is 3.81. The van der Waals surface area contributed by atoms with Gasteiger partial charge in [-0.25, -0.2) is 14.4 Å². The minimum atomic E-state index is -1.40. The van der Waals surface area contributed by atoms with Crippen molar-refractivity contribution in [2.24, 2.45) is 0 Å².